The van der Waals surface area contributed by atoms with Gasteiger partial charge in [-0.25, -0.2) is 0 Å². The second-order valence-electron chi connectivity index (χ2n) is 9.46. The molecular formula is C26H34Cl2Hf. The molecule has 0 saturated heterocycles. The molecule has 0 amide bonds. The molecule has 0 aromatic carbocycles. The van der Waals surface area contributed by atoms with Crippen LogP contribution in [0.2, 0.25) is 0 Å². The monoisotopic (exact) mass is 596 g/mol. The predicted octanol–water partition coefficient (Wildman–Crippen LogP) is 0.744. The summed E-state index contributed by atoms with van der Waals surface area (Å²) in [4.78, 5) is 0. The zero-order chi connectivity index (χ0) is 17.3. The van der Waals surface area contributed by atoms with Crippen molar-refractivity contribution in [3.63, 3.8) is 0 Å². The van der Waals surface area contributed by atoms with Crippen LogP contribution in [-0.4, -0.2) is 0 Å². The van der Waals surface area contributed by atoms with Crippen LogP contribution in [-0.2, 0) is 25.8 Å². The van der Waals surface area contributed by atoms with Gasteiger partial charge in [0, 0.05) is 0 Å². The summed E-state index contributed by atoms with van der Waals surface area (Å²) in [5.41, 5.74) is 0. The van der Waals surface area contributed by atoms with E-state index < -0.39 is 0 Å². The number of halogens is 2. The second kappa shape index (κ2) is 11.9. The Morgan fingerprint density at radius 1 is 0.517 bits per heavy atom. The summed E-state index contributed by atoms with van der Waals surface area (Å²) >= 11 is 0. The molecule has 0 nitrogen and oxygen atoms in total. The minimum absolute atomic E-state index is 0. The predicted molar refractivity (Wildman–Crippen MR) is 110 cm³/mol. The number of fused-ring (bicyclic) bond motifs is 6. The van der Waals surface area contributed by atoms with Crippen LogP contribution < -0.4 is 24.8 Å². The first kappa shape index (κ1) is 25.7. The maximum absolute atomic E-state index is 2.62. The molecule has 3 heteroatoms. The van der Waals surface area contributed by atoms with Crippen LogP contribution in [0, 0.1) is 60.2 Å². The minimum Gasteiger partial charge on any atom is -1.00 e. The van der Waals surface area contributed by atoms with Crippen molar-refractivity contribution >= 4 is 0 Å². The van der Waals surface area contributed by atoms with E-state index in [0.29, 0.717) is 0 Å². The maximum atomic E-state index is 2.62. The Morgan fingerprint density at radius 3 is 1.34 bits per heavy atom. The molecule has 0 aliphatic heterocycles. The quantitative estimate of drug-likeness (QED) is 0.287. The van der Waals surface area contributed by atoms with Crippen molar-refractivity contribution in [3.05, 3.63) is 61.4 Å². The van der Waals surface area contributed by atoms with E-state index in [-0.39, 0.29) is 50.7 Å². The van der Waals surface area contributed by atoms with Gasteiger partial charge in [-0.15, -0.1) is 24.0 Å². The van der Waals surface area contributed by atoms with Crippen molar-refractivity contribution in [2.45, 2.75) is 51.4 Å². The van der Waals surface area contributed by atoms with Crippen LogP contribution >= 0.6 is 0 Å². The Balaban J connectivity index is 0.000000187. The number of rotatable bonds is 0. The van der Waals surface area contributed by atoms with E-state index in [1.807, 2.05) is 0 Å². The topological polar surface area (TPSA) is 0 Å². The molecule has 0 N–H and O–H groups in total. The summed E-state index contributed by atoms with van der Waals surface area (Å²) < 4.78 is 0. The fourth-order valence-electron chi connectivity index (χ4n) is 6.91. The van der Waals surface area contributed by atoms with Crippen LogP contribution in [0.3, 0.4) is 0 Å². The van der Waals surface area contributed by atoms with Crippen molar-refractivity contribution < 1.29 is 50.7 Å². The van der Waals surface area contributed by atoms with Gasteiger partial charge in [-0.2, -0.15) is 11.8 Å². The van der Waals surface area contributed by atoms with Gasteiger partial charge in [-0.05, 0) is 11.8 Å². The number of allylic oxidation sites excluding steroid dienone is 8. The van der Waals surface area contributed by atoms with Gasteiger partial charge in [0.1, 0.15) is 0 Å². The molecule has 6 aliphatic rings. The summed E-state index contributed by atoms with van der Waals surface area (Å²) in [5, 5.41) is 0. The normalized spacial score (nSPS) is 42.5. The minimum atomic E-state index is 0. The average Bonchev–Trinajstić information content (AvgIpc) is 3.27. The fraction of sp³-hybridized carbons (Fsp3) is 0.615. The number of hydrogen-bond acceptors (Lipinski definition) is 0. The van der Waals surface area contributed by atoms with E-state index in [9.17, 15) is 0 Å². The third-order valence-corrected chi connectivity index (χ3v) is 8.12. The summed E-state index contributed by atoms with van der Waals surface area (Å²) in [6, 6.07) is 0. The van der Waals surface area contributed by atoms with Crippen molar-refractivity contribution in [1.29, 1.82) is 0 Å². The third-order valence-electron chi connectivity index (χ3n) is 8.12. The number of hydrogen-bond donors (Lipinski definition) is 0. The first-order chi connectivity index (χ1) is 12.9. The Labute approximate surface area is 209 Å². The largest absolute Gasteiger partial charge is 4.00 e. The van der Waals surface area contributed by atoms with E-state index >= 15 is 0 Å². The van der Waals surface area contributed by atoms with E-state index in [0.717, 1.165) is 47.3 Å². The molecule has 4 saturated carbocycles. The van der Waals surface area contributed by atoms with Crippen molar-refractivity contribution in [3.8, 4) is 0 Å². The van der Waals surface area contributed by atoms with Gasteiger partial charge in [0.05, 0.1) is 0 Å². The van der Waals surface area contributed by atoms with E-state index in [4.69, 9.17) is 0 Å². The zero-order valence-corrected chi connectivity index (χ0v) is 22.4. The molecule has 0 heterocycles. The van der Waals surface area contributed by atoms with Gasteiger partial charge in [0.25, 0.3) is 0 Å². The molecule has 0 radical (unpaired) electrons. The first-order valence-electron chi connectivity index (χ1n) is 11.3. The summed E-state index contributed by atoms with van der Waals surface area (Å²) in [6.07, 6.45) is 35.5. The smallest absolute Gasteiger partial charge is 1.00 e. The first-order valence-corrected chi connectivity index (χ1v) is 11.3. The van der Waals surface area contributed by atoms with Crippen LogP contribution in [0.1, 0.15) is 51.4 Å². The van der Waals surface area contributed by atoms with Crippen LogP contribution in [0.5, 0.6) is 0 Å². The molecule has 29 heavy (non-hydrogen) atoms. The molecule has 8 atom stereocenters. The van der Waals surface area contributed by atoms with Gasteiger partial charge in [0.2, 0.25) is 0 Å². The van der Waals surface area contributed by atoms with Crippen LogP contribution in [0.25, 0.3) is 0 Å². The van der Waals surface area contributed by atoms with Crippen molar-refractivity contribution in [1.82, 2.24) is 0 Å². The summed E-state index contributed by atoms with van der Waals surface area (Å²) in [7, 11) is 0. The summed E-state index contributed by atoms with van der Waals surface area (Å²) in [6.45, 7) is 0. The molecule has 0 bridgehead atoms. The Kier molecular flexibility index (Phi) is 10.5. The van der Waals surface area contributed by atoms with E-state index in [1.165, 1.54) is 51.4 Å². The Bertz CT molecular complexity index is 568. The zero-order valence-electron chi connectivity index (χ0n) is 17.3. The molecule has 0 spiro atoms. The third kappa shape index (κ3) is 5.43. The molecule has 4 fully saturated rings. The summed E-state index contributed by atoms with van der Waals surface area (Å²) in [5.74, 6) is 7.12. The Hall–Kier alpha value is 0.410. The van der Waals surface area contributed by atoms with Crippen LogP contribution in [0.4, 0.5) is 0 Å². The molecular weight excluding hydrogens is 562 g/mol. The fourth-order valence-corrected chi connectivity index (χ4v) is 6.91. The van der Waals surface area contributed by atoms with E-state index in [2.05, 4.69) is 61.4 Å². The SMILES string of the molecule is C1=CC2[CH-]C3CCCCC3C2C=C1.C1=CC2[CH-]C3CCCCC3C2C=C1.[Cl-].[Cl-].[Hf+4]. The standard InChI is InChI=1S/2C13H17.2ClH.Hf/c2*1-3-7-12-10(5-1)9-11-6-2-4-8-13(11)12;;;/h2*1,3,5,7,9-13H,2,4,6,8H2;2*1H;/q2*-1;;;+4/p-2. The molecule has 156 valence electrons. The molecule has 0 aromatic heterocycles. The van der Waals surface area contributed by atoms with Crippen molar-refractivity contribution in [2.24, 2.45) is 47.3 Å². The molecule has 6 aliphatic carbocycles. The second-order valence-corrected chi connectivity index (χ2v) is 9.46. The van der Waals surface area contributed by atoms with E-state index in [1.54, 1.807) is 0 Å². The van der Waals surface area contributed by atoms with Crippen LogP contribution in [0.15, 0.2) is 48.6 Å². The van der Waals surface area contributed by atoms with Gasteiger partial charge < -0.3 is 37.7 Å². The molecule has 6 rings (SSSR count). The van der Waals surface area contributed by atoms with Gasteiger partial charge in [0.15, 0.2) is 0 Å². The average molecular weight is 596 g/mol. The van der Waals surface area contributed by atoms with Gasteiger partial charge >= 0.3 is 25.8 Å². The maximum Gasteiger partial charge on any atom is 4.00 e. The van der Waals surface area contributed by atoms with Crippen molar-refractivity contribution in [2.75, 3.05) is 0 Å². The molecule has 0 aromatic rings. The molecule has 8 unspecified atom stereocenters. The Morgan fingerprint density at radius 2 is 0.897 bits per heavy atom. The van der Waals surface area contributed by atoms with Gasteiger partial charge in [-0.1, -0.05) is 99.7 Å². The van der Waals surface area contributed by atoms with Gasteiger partial charge in [-0.3, -0.25) is 0 Å².